The number of alkyl halides is 2. The molecule has 1 heterocycles. The molecule has 22 heavy (non-hydrogen) atoms. The molecule has 0 spiro atoms. The van der Waals surface area contributed by atoms with Gasteiger partial charge in [0, 0.05) is 12.7 Å². The molecule has 1 aliphatic carbocycles. The van der Waals surface area contributed by atoms with Crippen molar-refractivity contribution in [3.05, 3.63) is 42.0 Å². The van der Waals surface area contributed by atoms with E-state index >= 15 is 0 Å². The highest BCUT2D eigenvalue weighted by molar-refractivity contribution is 5.83. The number of nitrogens with one attached hydrogen (secondary N) is 1. The molecule has 1 aliphatic rings. The van der Waals surface area contributed by atoms with E-state index in [0.717, 1.165) is 0 Å². The number of amides is 1. The molecule has 0 aliphatic heterocycles. The van der Waals surface area contributed by atoms with Gasteiger partial charge in [-0.2, -0.15) is 8.78 Å². The molecule has 6 nitrogen and oxygen atoms in total. The van der Waals surface area contributed by atoms with Gasteiger partial charge < -0.3 is 9.67 Å². The molecule has 1 aromatic carbocycles. The lowest BCUT2D eigenvalue weighted by atomic mass is 9.88. The number of carbonyl (C=O) groups is 1. The number of aromatic nitrogens is 3. The summed E-state index contributed by atoms with van der Waals surface area (Å²) in [6.07, 6.45) is 0.621. The van der Waals surface area contributed by atoms with E-state index in [1.807, 2.05) is 0 Å². The molecule has 0 saturated heterocycles. The normalized spacial score (nSPS) is 16.3. The molecular weight excluding hydrogens is 294 g/mol. The third kappa shape index (κ3) is 2.11. The molecule has 1 saturated carbocycles. The number of nitrogens with zero attached hydrogens (tertiary/aromatic N) is 3. The van der Waals surface area contributed by atoms with E-state index in [2.05, 4.69) is 15.5 Å². The van der Waals surface area contributed by atoms with E-state index in [0.29, 0.717) is 18.4 Å². The smallest absolute Gasteiger partial charge is 0.409 e. The largest absolute Gasteiger partial charge is 0.465 e. The number of carboxylic acid groups (broad SMARTS) is 1. The minimum atomic E-state index is -3.18. The quantitative estimate of drug-likeness (QED) is 0.910. The molecule has 2 aromatic rings. The van der Waals surface area contributed by atoms with Gasteiger partial charge in [-0.05, 0) is 30.5 Å². The highest BCUT2D eigenvalue weighted by Crippen LogP contribution is 2.62. The minimum absolute atomic E-state index is 0.269. The van der Waals surface area contributed by atoms with E-state index in [-0.39, 0.29) is 11.5 Å². The van der Waals surface area contributed by atoms with Crippen LogP contribution in [0.3, 0.4) is 0 Å². The molecule has 116 valence electrons. The Kier molecular flexibility index (Phi) is 3.12. The third-order valence-corrected chi connectivity index (χ3v) is 4.01. The predicted octanol–water partition coefficient (Wildman–Crippen LogP) is 2.73. The monoisotopic (exact) mass is 308 g/mol. The van der Waals surface area contributed by atoms with E-state index in [1.165, 1.54) is 30.1 Å². The maximum Gasteiger partial charge on any atom is 0.409 e. The van der Waals surface area contributed by atoms with Crippen molar-refractivity contribution in [2.75, 3.05) is 5.32 Å². The van der Waals surface area contributed by atoms with Crippen LogP contribution in [-0.2, 0) is 18.4 Å². The fourth-order valence-corrected chi connectivity index (χ4v) is 2.71. The molecule has 0 unspecified atom stereocenters. The first-order chi connectivity index (χ1) is 10.4. The van der Waals surface area contributed by atoms with Gasteiger partial charge in [0.1, 0.15) is 6.33 Å². The zero-order valence-electron chi connectivity index (χ0n) is 11.8. The van der Waals surface area contributed by atoms with E-state index < -0.39 is 17.4 Å². The van der Waals surface area contributed by atoms with Gasteiger partial charge in [-0.25, -0.2) is 4.79 Å². The lowest BCUT2D eigenvalue weighted by molar-refractivity contribution is -0.0574. The standard InChI is InChI=1S/C14H14F2N4O2/c1-20-8-17-19-11(20)14(15,16)13(5-6-13)9-3-2-4-10(7-9)18-12(21)22/h2-4,7-8,18H,5-6H2,1H3,(H,21,22). The van der Waals surface area contributed by atoms with E-state index in [4.69, 9.17) is 5.11 Å². The number of benzene rings is 1. The maximum absolute atomic E-state index is 14.9. The molecule has 0 radical (unpaired) electrons. The van der Waals surface area contributed by atoms with Crippen molar-refractivity contribution in [1.29, 1.82) is 0 Å². The van der Waals surface area contributed by atoms with Crippen molar-refractivity contribution in [2.24, 2.45) is 7.05 Å². The Balaban J connectivity index is 2.00. The van der Waals surface area contributed by atoms with Gasteiger partial charge in [-0.1, -0.05) is 12.1 Å². The fourth-order valence-electron chi connectivity index (χ4n) is 2.71. The lowest BCUT2D eigenvalue weighted by Crippen LogP contribution is -2.34. The van der Waals surface area contributed by atoms with Crippen LogP contribution >= 0.6 is 0 Å². The highest BCUT2D eigenvalue weighted by Gasteiger charge is 2.65. The Bertz CT molecular complexity index is 725. The summed E-state index contributed by atoms with van der Waals surface area (Å²) in [4.78, 5) is 10.7. The summed E-state index contributed by atoms with van der Waals surface area (Å²) in [5, 5.41) is 18.0. The second kappa shape index (κ2) is 4.75. The van der Waals surface area contributed by atoms with Crippen LogP contribution in [0.5, 0.6) is 0 Å². The summed E-state index contributed by atoms with van der Waals surface area (Å²) in [5.74, 6) is -3.57. The SMILES string of the molecule is Cn1cnnc1C(F)(F)C1(c2cccc(NC(=O)O)c2)CC1. The summed E-state index contributed by atoms with van der Waals surface area (Å²) >= 11 is 0. The van der Waals surface area contributed by atoms with Crippen LogP contribution in [0, 0.1) is 0 Å². The number of hydrogen-bond acceptors (Lipinski definition) is 3. The van der Waals surface area contributed by atoms with Crippen LogP contribution in [0.15, 0.2) is 30.6 Å². The Morgan fingerprint density at radius 3 is 2.73 bits per heavy atom. The molecule has 1 aromatic heterocycles. The summed E-state index contributed by atoms with van der Waals surface area (Å²) < 4.78 is 31.0. The first kappa shape index (κ1) is 14.4. The van der Waals surface area contributed by atoms with Gasteiger partial charge in [0.25, 0.3) is 0 Å². The average Bonchev–Trinajstić information content (AvgIpc) is 3.16. The van der Waals surface area contributed by atoms with Gasteiger partial charge in [0.05, 0.1) is 5.41 Å². The van der Waals surface area contributed by atoms with E-state index in [9.17, 15) is 13.6 Å². The summed E-state index contributed by atoms with van der Waals surface area (Å²) in [6.45, 7) is 0. The maximum atomic E-state index is 14.9. The molecule has 3 rings (SSSR count). The molecule has 1 amide bonds. The first-order valence-corrected chi connectivity index (χ1v) is 6.69. The zero-order chi connectivity index (χ0) is 16.0. The first-order valence-electron chi connectivity index (χ1n) is 6.69. The summed E-state index contributed by atoms with van der Waals surface area (Å²) in [6, 6.07) is 6.12. The molecule has 8 heteroatoms. The van der Waals surface area contributed by atoms with Gasteiger partial charge in [0.2, 0.25) is 5.82 Å². The van der Waals surface area contributed by atoms with Crippen molar-refractivity contribution in [3.8, 4) is 0 Å². The zero-order valence-corrected chi connectivity index (χ0v) is 11.8. The number of rotatable bonds is 4. The van der Waals surface area contributed by atoms with E-state index in [1.54, 1.807) is 12.1 Å². The fraction of sp³-hybridized carbons (Fsp3) is 0.357. The number of aryl methyl sites for hydroxylation is 1. The second-order valence-electron chi connectivity index (χ2n) is 5.43. The Morgan fingerprint density at radius 2 is 2.18 bits per heavy atom. The Morgan fingerprint density at radius 1 is 1.45 bits per heavy atom. The topological polar surface area (TPSA) is 80.0 Å². The predicted molar refractivity (Wildman–Crippen MR) is 73.9 cm³/mol. The van der Waals surface area contributed by atoms with Crippen molar-refractivity contribution < 1.29 is 18.7 Å². The number of hydrogen-bond donors (Lipinski definition) is 2. The molecule has 0 atom stereocenters. The lowest BCUT2D eigenvalue weighted by Gasteiger charge is -2.26. The van der Waals surface area contributed by atoms with Gasteiger partial charge >= 0.3 is 12.0 Å². The molecule has 1 fully saturated rings. The van der Waals surface area contributed by atoms with Crippen molar-refractivity contribution in [2.45, 2.75) is 24.2 Å². The van der Waals surface area contributed by atoms with Crippen molar-refractivity contribution in [1.82, 2.24) is 14.8 Å². The second-order valence-corrected chi connectivity index (χ2v) is 5.43. The summed E-state index contributed by atoms with van der Waals surface area (Å²) in [7, 11) is 1.47. The molecule has 2 N–H and O–H groups in total. The van der Waals surface area contributed by atoms with Gasteiger partial charge in [-0.3, -0.25) is 5.32 Å². The molecule has 0 bridgehead atoms. The third-order valence-electron chi connectivity index (χ3n) is 4.01. The minimum Gasteiger partial charge on any atom is -0.465 e. The highest BCUT2D eigenvalue weighted by atomic mass is 19.3. The number of halogens is 2. The van der Waals surface area contributed by atoms with Crippen LogP contribution in [0.1, 0.15) is 24.2 Å². The van der Waals surface area contributed by atoms with Crippen LogP contribution in [-0.4, -0.2) is 26.0 Å². The van der Waals surface area contributed by atoms with Crippen LogP contribution in [0.4, 0.5) is 19.3 Å². The van der Waals surface area contributed by atoms with Crippen LogP contribution in [0.25, 0.3) is 0 Å². The van der Waals surface area contributed by atoms with Crippen molar-refractivity contribution >= 4 is 11.8 Å². The van der Waals surface area contributed by atoms with Crippen LogP contribution in [0.2, 0.25) is 0 Å². The van der Waals surface area contributed by atoms with Gasteiger partial charge in [0.15, 0.2) is 0 Å². The number of anilines is 1. The average molecular weight is 308 g/mol. The van der Waals surface area contributed by atoms with Gasteiger partial charge in [-0.15, -0.1) is 10.2 Å². The Labute approximate surface area is 124 Å². The van der Waals surface area contributed by atoms with Crippen molar-refractivity contribution in [3.63, 3.8) is 0 Å². The van der Waals surface area contributed by atoms with Crippen LogP contribution < -0.4 is 5.32 Å². The Hall–Kier alpha value is -2.51. The molecular formula is C14H14F2N4O2. The summed E-state index contributed by atoms with van der Waals surface area (Å²) in [5.41, 5.74) is -0.693.